The van der Waals surface area contributed by atoms with Crippen LogP contribution in [0.15, 0.2) is 47.4 Å². The lowest BCUT2D eigenvalue weighted by Gasteiger charge is -2.11. The molecule has 0 aromatic heterocycles. The van der Waals surface area contributed by atoms with Crippen LogP contribution in [0.4, 0.5) is 11.4 Å². The van der Waals surface area contributed by atoms with Gasteiger partial charge >= 0.3 is 0 Å². The third kappa shape index (κ3) is 3.38. The number of hydrogen-bond acceptors (Lipinski definition) is 3. The van der Waals surface area contributed by atoms with Gasteiger partial charge in [-0.05, 0) is 71.5 Å². The maximum atomic E-state index is 12.3. The second-order valence-electron chi connectivity index (χ2n) is 4.14. The van der Waals surface area contributed by atoms with E-state index in [1.165, 1.54) is 6.07 Å². The summed E-state index contributed by atoms with van der Waals surface area (Å²) in [5, 5.41) is 0. The fourth-order valence-electron chi connectivity index (χ4n) is 1.74. The van der Waals surface area contributed by atoms with Crippen LogP contribution in [0.1, 0.15) is 5.56 Å². The summed E-state index contributed by atoms with van der Waals surface area (Å²) >= 11 is 2.13. The predicted molar refractivity (Wildman–Crippen MR) is 85.6 cm³/mol. The average molecular weight is 388 g/mol. The molecule has 2 rings (SSSR count). The largest absolute Gasteiger partial charge is 0.399 e. The first-order valence-electron chi connectivity index (χ1n) is 5.53. The van der Waals surface area contributed by atoms with Crippen molar-refractivity contribution in [2.75, 3.05) is 10.5 Å². The van der Waals surface area contributed by atoms with E-state index in [0.717, 1.165) is 3.57 Å². The zero-order valence-corrected chi connectivity index (χ0v) is 13.2. The number of nitrogens with one attached hydrogen (secondary N) is 1. The maximum absolute atomic E-state index is 12.3. The Bertz CT molecular complexity index is 714. The van der Waals surface area contributed by atoms with Crippen molar-refractivity contribution < 1.29 is 8.42 Å². The summed E-state index contributed by atoms with van der Waals surface area (Å²) in [5.41, 5.74) is 7.34. The number of anilines is 2. The van der Waals surface area contributed by atoms with Gasteiger partial charge in [0.1, 0.15) is 0 Å². The minimum Gasteiger partial charge on any atom is -0.399 e. The Labute approximate surface area is 126 Å². The molecule has 2 aromatic rings. The van der Waals surface area contributed by atoms with Crippen LogP contribution in [-0.4, -0.2) is 8.42 Å². The second-order valence-corrected chi connectivity index (χ2v) is 7.04. The highest BCUT2D eigenvalue weighted by Crippen LogP contribution is 2.22. The quantitative estimate of drug-likeness (QED) is 0.627. The van der Waals surface area contributed by atoms with Crippen LogP contribution in [0.2, 0.25) is 0 Å². The van der Waals surface area contributed by atoms with Gasteiger partial charge in [-0.2, -0.15) is 0 Å². The van der Waals surface area contributed by atoms with Crippen LogP contribution in [0, 0.1) is 10.5 Å². The number of rotatable bonds is 3. The minimum absolute atomic E-state index is 0.237. The molecule has 4 nitrogen and oxygen atoms in total. The molecule has 0 atom stereocenters. The number of nitrogen functional groups attached to an aromatic ring is 1. The van der Waals surface area contributed by atoms with Gasteiger partial charge in [0, 0.05) is 14.9 Å². The normalized spacial score (nSPS) is 11.3. The van der Waals surface area contributed by atoms with Crippen LogP contribution in [0.3, 0.4) is 0 Å². The van der Waals surface area contributed by atoms with E-state index in [1.54, 1.807) is 37.3 Å². The summed E-state index contributed by atoms with van der Waals surface area (Å²) in [6, 6.07) is 11.9. The SMILES string of the molecule is Cc1cc(N)ccc1S(=O)(=O)Nc1cccc(I)c1. The van der Waals surface area contributed by atoms with Gasteiger partial charge in [0.25, 0.3) is 10.0 Å². The number of nitrogens with two attached hydrogens (primary N) is 1. The number of benzene rings is 2. The molecule has 0 spiro atoms. The fraction of sp³-hybridized carbons (Fsp3) is 0.0769. The Hall–Kier alpha value is -1.28. The Balaban J connectivity index is 2.38. The van der Waals surface area contributed by atoms with Crippen molar-refractivity contribution >= 4 is 44.0 Å². The van der Waals surface area contributed by atoms with E-state index >= 15 is 0 Å². The third-order valence-electron chi connectivity index (χ3n) is 2.57. The van der Waals surface area contributed by atoms with Gasteiger partial charge in [0.2, 0.25) is 0 Å². The van der Waals surface area contributed by atoms with Crippen LogP contribution in [0.5, 0.6) is 0 Å². The molecule has 6 heteroatoms. The van der Waals surface area contributed by atoms with Crippen molar-refractivity contribution in [2.45, 2.75) is 11.8 Å². The van der Waals surface area contributed by atoms with Crippen LogP contribution < -0.4 is 10.5 Å². The van der Waals surface area contributed by atoms with Gasteiger partial charge in [-0.25, -0.2) is 8.42 Å². The minimum atomic E-state index is -3.59. The molecule has 19 heavy (non-hydrogen) atoms. The number of halogens is 1. The van der Waals surface area contributed by atoms with Crippen molar-refractivity contribution in [1.82, 2.24) is 0 Å². The Kier molecular flexibility index (Phi) is 4.00. The van der Waals surface area contributed by atoms with Gasteiger partial charge in [-0.3, -0.25) is 4.72 Å². The first-order chi connectivity index (χ1) is 8.88. The highest BCUT2D eigenvalue weighted by Gasteiger charge is 2.16. The van der Waals surface area contributed by atoms with Crippen molar-refractivity contribution in [2.24, 2.45) is 0 Å². The second kappa shape index (κ2) is 5.38. The zero-order chi connectivity index (χ0) is 14.0. The molecule has 3 N–H and O–H groups in total. The molecular weight excluding hydrogens is 375 g/mol. The molecule has 0 aliphatic carbocycles. The lowest BCUT2D eigenvalue weighted by atomic mass is 10.2. The molecule has 0 heterocycles. The van der Waals surface area contributed by atoms with Crippen LogP contribution in [-0.2, 0) is 10.0 Å². The molecule has 0 saturated carbocycles. The number of hydrogen-bond donors (Lipinski definition) is 2. The highest BCUT2D eigenvalue weighted by atomic mass is 127. The molecule has 0 amide bonds. The smallest absolute Gasteiger partial charge is 0.262 e. The van der Waals surface area contributed by atoms with Gasteiger partial charge in [-0.1, -0.05) is 6.07 Å². The average Bonchev–Trinajstić information content (AvgIpc) is 2.27. The molecule has 0 unspecified atom stereocenters. The summed E-state index contributed by atoms with van der Waals surface area (Å²) in [4.78, 5) is 0.237. The lowest BCUT2D eigenvalue weighted by molar-refractivity contribution is 0.600. The van der Waals surface area contributed by atoms with E-state index in [2.05, 4.69) is 27.3 Å². The van der Waals surface area contributed by atoms with Crippen LogP contribution in [0.25, 0.3) is 0 Å². The fourth-order valence-corrected chi connectivity index (χ4v) is 3.56. The van der Waals surface area contributed by atoms with Gasteiger partial charge < -0.3 is 5.73 Å². The first-order valence-corrected chi connectivity index (χ1v) is 8.09. The standard InChI is InChI=1S/C13H13IN2O2S/c1-9-7-11(15)5-6-13(9)19(17,18)16-12-4-2-3-10(14)8-12/h2-8,16H,15H2,1H3. The lowest BCUT2D eigenvalue weighted by Crippen LogP contribution is -2.14. The third-order valence-corrected chi connectivity index (χ3v) is 4.78. The van der Waals surface area contributed by atoms with E-state index in [4.69, 9.17) is 5.73 Å². The van der Waals surface area contributed by atoms with Crippen molar-refractivity contribution in [3.8, 4) is 0 Å². The van der Waals surface area contributed by atoms with E-state index < -0.39 is 10.0 Å². The maximum Gasteiger partial charge on any atom is 0.262 e. The van der Waals surface area contributed by atoms with Gasteiger partial charge in [-0.15, -0.1) is 0 Å². The summed E-state index contributed by atoms with van der Waals surface area (Å²) in [6.45, 7) is 1.72. The molecule has 0 radical (unpaired) electrons. The molecular formula is C13H13IN2O2S. The van der Waals surface area contributed by atoms with Crippen molar-refractivity contribution in [1.29, 1.82) is 0 Å². The summed E-state index contributed by atoms with van der Waals surface area (Å²) in [5.74, 6) is 0. The van der Waals surface area contributed by atoms with E-state index in [0.29, 0.717) is 16.9 Å². The highest BCUT2D eigenvalue weighted by molar-refractivity contribution is 14.1. The molecule has 0 aliphatic rings. The van der Waals surface area contributed by atoms with E-state index in [-0.39, 0.29) is 4.90 Å². The van der Waals surface area contributed by atoms with Gasteiger partial charge in [0.05, 0.1) is 4.90 Å². The van der Waals surface area contributed by atoms with Crippen molar-refractivity contribution in [3.63, 3.8) is 0 Å². The topological polar surface area (TPSA) is 72.2 Å². The molecule has 2 aromatic carbocycles. The summed E-state index contributed by atoms with van der Waals surface area (Å²) in [6.07, 6.45) is 0. The number of aryl methyl sites for hydroxylation is 1. The molecule has 0 saturated heterocycles. The zero-order valence-electron chi connectivity index (χ0n) is 10.2. The predicted octanol–water partition coefficient (Wildman–Crippen LogP) is 2.98. The number of sulfonamides is 1. The Morgan fingerprint density at radius 2 is 1.89 bits per heavy atom. The molecule has 0 bridgehead atoms. The molecule has 0 aliphatic heterocycles. The first kappa shape index (κ1) is 14.1. The van der Waals surface area contributed by atoms with Crippen molar-refractivity contribution in [3.05, 3.63) is 51.6 Å². The van der Waals surface area contributed by atoms with E-state index in [1.807, 2.05) is 6.07 Å². The van der Waals surface area contributed by atoms with E-state index in [9.17, 15) is 8.42 Å². The summed E-state index contributed by atoms with van der Waals surface area (Å²) < 4.78 is 28.1. The Morgan fingerprint density at radius 3 is 2.53 bits per heavy atom. The molecule has 0 fully saturated rings. The molecule has 100 valence electrons. The van der Waals surface area contributed by atoms with Gasteiger partial charge in [0.15, 0.2) is 0 Å². The Morgan fingerprint density at radius 1 is 1.16 bits per heavy atom. The summed E-state index contributed by atoms with van der Waals surface area (Å²) in [7, 11) is -3.59. The van der Waals surface area contributed by atoms with Crippen LogP contribution >= 0.6 is 22.6 Å². The monoisotopic (exact) mass is 388 g/mol.